The maximum absolute atomic E-state index is 10.4. The monoisotopic (exact) mass is 206 g/mol. The molecule has 7 heteroatoms. The van der Waals surface area contributed by atoms with Crippen molar-refractivity contribution in [2.24, 2.45) is 0 Å². The van der Waals surface area contributed by atoms with Crippen LogP contribution in [0.4, 0.5) is 0 Å². The molecule has 0 saturated carbocycles. The van der Waals surface area contributed by atoms with Crippen molar-refractivity contribution in [2.45, 2.75) is 19.0 Å². The van der Waals surface area contributed by atoms with Gasteiger partial charge in [-0.05, 0) is 13.8 Å². The first-order valence-corrected chi connectivity index (χ1v) is 4.08. The molecule has 0 spiro atoms. The molecule has 60 valence electrons. The normalized spacial score (nSPS) is 12.0. The summed E-state index contributed by atoms with van der Waals surface area (Å²) in [5.41, 5.74) is 0. The first-order valence-electron chi connectivity index (χ1n) is 2.46. The number of carboxylic acid groups (broad SMARTS) is 1. The predicted octanol–water partition coefficient (Wildman–Crippen LogP) is -4.30. The SMILES string of the molecule is CC(C)(C(=O)[O-])P(=O)(O)O.[K+]. The van der Waals surface area contributed by atoms with Crippen LogP contribution in [0.15, 0.2) is 0 Å². The molecule has 0 fully saturated rings. The van der Waals surface area contributed by atoms with Gasteiger partial charge in [0.1, 0.15) is 5.16 Å². The van der Waals surface area contributed by atoms with Gasteiger partial charge in [-0.2, -0.15) is 0 Å². The molecule has 0 aliphatic rings. The maximum atomic E-state index is 10.4. The van der Waals surface area contributed by atoms with E-state index in [0.29, 0.717) is 0 Å². The molecule has 0 rings (SSSR count). The minimum absolute atomic E-state index is 0. The summed E-state index contributed by atoms with van der Waals surface area (Å²) in [7, 11) is -4.59. The predicted molar refractivity (Wildman–Crippen MR) is 31.1 cm³/mol. The van der Waals surface area contributed by atoms with Crippen molar-refractivity contribution in [3.8, 4) is 0 Å². The second-order valence-electron chi connectivity index (χ2n) is 2.39. The third kappa shape index (κ3) is 3.65. The molecule has 0 aromatic heterocycles. The molecule has 11 heavy (non-hydrogen) atoms. The third-order valence-corrected chi connectivity index (χ3v) is 2.87. The summed E-state index contributed by atoms with van der Waals surface area (Å²) in [4.78, 5) is 26.9. The van der Waals surface area contributed by atoms with Crippen LogP contribution < -0.4 is 56.5 Å². The number of rotatable bonds is 2. The van der Waals surface area contributed by atoms with Crippen molar-refractivity contribution in [2.75, 3.05) is 0 Å². The molecule has 0 bridgehead atoms. The Morgan fingerprint density at radius 1 is 1.45 bits per heavy atom. The molecular formula is C4H8KO5P. The summed E-state index contributed by atoms with van der Waals surface area (Å²) in [6.45, 7) is 1.84. The third-order valence-electron chi connectivity index (χ3n) is 1.23. The van der Waals surface area contributed by atoms with Crippen LogP contribution in [0, 0.1) is 0 Å². The maximum Gasteiger partial charge on any atom is 1.00 e. The van der Waals surface area contributed by atoms with Crippen LogP contribution in [0.2, 0.25) is 0 Å². The molecule has 2 N–H and O–H groups in total. The van der Waals surface area contributed by atoms with E-state index in [1.807, 2.05) is 0 Å². The van der Waals surface area contributed by atoms with Gasteiger partial charge in [0.15, 0.2) is 0 Å². The summed E-state index contributed by atoms with van der Waals surface area (Å²) in [6.07, 6.45) is 0. The minimum Gasteiger partial charge on any atom is -0.549 e. The summed E-state index contributed by atoms with van der Waals surface area (Å²) >= 11 is 0. The first-order chi connectivity index (χ1) is 4.19. The number of hydrogen-bond acceptors (Lipinski definition) is 3. The molecule has 0 aromatic rings. The molecule has 0 aromatic carbocycles. The fourth-order valence-electron chi connectivity index (χ4n) is 0.119. The molecule has 0 atom stereocenters. The van der Waals surface area contributed by atoms with Crippen LogP contribution in [0.25, 0.3) is 0 Å². The van der Waals surface area contributed by atoms with E-state index in [1.165, 1.54) is 0 Å². The largest absolute Gasteiger partial charge is 1.00 e. The molecule has 5 nitrogen and oxygen atoms in total. The van der Waals surface area contributed by atoms with Crippen LogP contribution in [0.5, 0.6) is 0 Å². The summed E-state index contributed by atoms with van der Waals surface area (Å²) < 4.78 is 10.4. The second-order valence-corrected chi connectivity index (χ2v) is 4.60. The first kappa shape index (κ1) is 14.8. The number of carbonyl (C=O) groups is 1. The van der Waals surface area contributed by atoms with E-state index in [2.05, 4.69) is 0 Å². The van der Waals surface area contributed by atoms with Gasteiger partial charge in [-0.25, -0.2) is 0 Å². The Balaban J connectivity index is 0. The Morgan fingerprint density at radius 3 is 1.73 bits per heavy atom. The average Bonchev–Trinajstić information content (AvgIpc) is 1.62. The molecule has 0 aliphatic carbocycles. The van der Waals surface area contributed by atoms with Gasteiger partial charge < -0.3 is 19.7 Å². The van der Waals surface area contributed by atoms with Crippen LogP contribution in [0.3, 0.4) is 0 Å². The Kier molecular flexibility index (Phi) is 6.01. The van der Waals surface area contributed by atoms with Gasteiger partial charge in [-0.1, -0.05) is 0 Å². The topological polar surface area (TPSA) is 97.7 Å². The smallest absolute Gasteiger partial charge is 0.549 e. The molecule has 0 radical (unpaired) electrons. The van der Waals surface area contributed by atoms with Crippen molar-refractivity contribution in [1.82, 2.24) is 0 Å². The summed E-state index contributed by atoms with van der Waals surface area (Å²) in [5, 5.41) is 7.97. The van der Waals surface area contributed by atoms with Gasteiger partial charge >= 0.3 is 59.0 Å². The Hall–Kier alpha value is 1.26. The fraction of sp³-hybridized carbons (Fsp3) is 0.750. The average molecular weight is 206 g/mol. The van der Waals surface area contributed by atoms with Crippen LogP contribution in [-0.2, 0) is 9.36 Å². The minimum atomic E-state index is -4.59. The van der Waals surface area contributed by atoms with Crippen molar-refractivity contribution in [3.05, 3.63) is 0 Å². The van der Waals surface area contributed by atoms with Gasteiger partial charge in [-0.15, -0.1) is 0 Å². The molecule has 0 saturated heterocycles. The molecule has 0 unspecified atom stereocenters. The van der Waals surface area contributed by atoms with E-state index in [-0.39, 0.29) is 51.4 Å². The van der Waals surface area contributed by atoms with Gasteiger partial charge in [0.2, 0.25) is 0 Å². The molecule has 0 aliphatic heterocycles. The van der Waals surface area contributed by atoms with Gasteiger partial charge in [0.25, 0.3) is 0 Å². The number of carboxylic acids is 1. The van der Waals surface area contributed by atoms with E-state index in [4.69, 9.17) is 9.79 Å². The van der Waals surface area contributed by atoms with Crippen LogP contribution in [0.1, 0.15) is 13.8 Å². The zero-order chi connectivity index (χ0) is 8.58. The van der Waals surface area contributed by atoms with Crippen LogP contribution in [-0.4, -0.2) is 20.9 Å². The zero-order valence-electron chi connectivity index (χ0n) is 6.57. The quantitative estimate of drug-likeness (QED) is 0.352. The van der Waals surface area contributed by atoms with E-state index in [9.17, 15) is 14.5 Å². The van der Waals surface area contributed by atoms with Gasteiger partial charge in [-0.3, -0.25) is 4.57 Å². The Bertz CT molecular complexity index is 195. The number of carbonyl (C=O) groups excluding carboxylic acids is 1. The second kappa shape index (κ2) is 4.48. The Morgan fingerprint density at radius 2 is 1.73 bits per heavy atom. The van der Waals surface area contributed by atoms with E-state index >= 15 is 0 Å². The van der Waals surface area contributed by atoms with E-state index in [0.717, 1.165) is 13.8 Å². The summed E-state index contributed by atoms with van der Waals surface area (Å²) in [5.74, 6) is -1.75. The van der Waals surface area contributed by atoms with Crippen molar-refractivity contribution < 1.29 is 75.6 Å². The Labute approximate surface area is 107 Å². The molecule has 0 amide bonds. The van der Waals surface area contributed by atoms with Crippen molar-refractivity contribution in [3.63, 3.8) is 0 Å². The number of aliphatic carboxylic acids is 1. The van der Waals surface area contributed by atoms with Crippen LogP contribution >= 0.6 is 7.60 Å². The molecular weight excluding hydrogens is 198 g/mol. The van der Waals surface area contributed by atoms with Gasteiger partial charge in [0.05, 0.1) is 5.97 Å². The van der Waals surface area contributed by atoms with E-state index < -0.39 is 18.7 Å². The number of hydrogen-bond donors (Lipinski definition) is 2. The molecule has 0 heterocycles. The van der Waals surface area contributed by atoms with E-state index in [1.54, 1.807) is 0 Å². The fourth-order valence-corrected chi connectivity index (χ4v) is 0.357. The summed E-state index contributed by atoms with van der Waals surface area (Å²) in [6, 6.07) is 0. The van der Waals surface area contributed by atoms with Crippen molar-refractivity contribution >= 4 is 13.6 Å². The van der Waals surface area contributed by atoms with Gasteiger partial charge in [0, 0.05) is 0 Å². The van der Waals surface area contributed by atoms with Crippen molar-refractivity contribution in [1.29, 1.82) is 0 Å². The zero-order valence-corrected chi connectivity index (χ0v) is 10.6. The standard InChI is InChI=1S/C4H9O5P.K/c1-4(2,3(5)6)10(7,8)9;/h1-2H3,(H,5,6)(H2,7,8,9);/q;+1/p-1.